The van der Waals surface area contributed by atoms with Crippen LogP contribution in [0.5, 0.6) is 5.75 Å². The second-order valence-electron chi connectivity index (χ2n) is 7.42. The number of carbonyl (C=O) groups is 1. The first-order valence-electron chi connectivity index (χ1n) is 10.1. The van der Waals surface area contributed by atoms with Crippen molar-refractivity contribution in [2.24, 2.45) is 7.05 Å². The number of hydrogen-bond acceptors (Lipinski definition) is 5. The first kappa shape index (κ1) is 22.3. The Morgan fingerprint density at radius 3 is 2.44 bits per heavy atom. The number of aromatic nitrogens is 2. The molecule has 3 aromatic rings. The van der Waals surface area contributed by atoms with Crippen molar-refractivity contribution in [2.45, 2.75) is 11.5 Å². The molecule has 1 aromatic heterocycles. The summed E-state index contributed by atoms with van der Waals surface area (Å²) in [5.74, 6) is 1.30. The summed E-state index contributed by atoms with van der Waals surface area (Å²) in [5, 5.41) is 0.368. The molecule has 1 fully saturated rings. The van der Waals surface area contributed by atoms with Crippen molar-refractivity contribution in [1.29, 1.82) is 0 Å². The Morgan fingerprint density at radius 1 is 1.09 bits per heavy atom. The number of halogens is 1. The minimum absolute atomic E-state index is 0.138. The average molecular weight is 475 g/mol. The first-order valence-corrected chi connectivity index (χ1v) is 11.9. The van der Waals surface area contributed by atoms with E-state index in [1.165, 1.54) is 16.4 Å². The second-order valence-corrected chi connectivity index (χ2v) is 9.80. The molecule has 1 aliphatic heterocycles. The molecule has 0 unspecified atom stereocenters. The van der Waals surface area contributed by atoms with E-state index in [1.807, 2.05) is 17.8 Å². The number of sulfonamides is 1. The van der Waals surface area contributed by atoms with Crippen LogP contribution in [0.15, 0.2) is 65.8 Å². The Balaban J connectivity index is 1.34. The molecule has 0 atom stereocenters. The standard InChI is InChI=1S/C22H23ClN4O4S/c1-25-10-9-24-21(25)16-31-19-7-5-17(6-8-19)22(28)26-11-13-27(14-12-26)32(29,30)20-4-2-3-18(23)15-20/h2-10,15H,11-14,16H2,1H3. The van der Waals surface area contributed by atoms with E-state index in [2.05, 4.69) is 4.98 Å². The zero-order valence-corrected chi connectivity index (χ0v) is 19.1. The largest absolute Gasteiger partial charge is 0.486 e. The fourth-order valence-electron chi connectivity index (χ4n) is 3.47. The Hall–Kier alpha value is -2.88. The van der Waals surface area contributed by atoms with E-state index in [0.29, 0.717) is 36.0 Å². The van der Waals surface area contributed by atoms with Gasteiger partial charge in [0.15, 0.2) is 0 Å². The molecular formula is C22H23ClN4O4S. The number of nitrogens with zero attached hydrogens (tertiary/aromatic N) is 4. The minimum atomic E-state index is -3.64. The van der Waals surface area contributed by atoms with Crippen molar-refractivity contribution >= 4 is 27.5 Å². The van der Waals surface area contributed by atoms with Gasteiger partial charge in [0.25, 0.3) is 5.91 Å². The summed E-state index contributed by atoms with van der Waals surface area (Å²) < 4.78 is 34.7. The summed E-state index contributed by atoms with van der Waals surface area (Å²) in [6.45, 7) is 1.42. The lowest BCUT2D eigenvalue weighted by Gasteiger charge is -2.34. The van der Waals surface area contributed by atoms with Crippen LogP contribution in [0.3, 0.4) is 0 Å². The van der Waals surface area contributed by atoms with Gasteiger partial charge in [0.1, 0.15) is 18.2 Å². The lowest BCUT2D eigenvalue weighted by molar-refractivity contribution is 0.0698. The van der Waals surface area contributed by atoms with Crippen LogP contribution in [0.1, 0.15) is 16.2 Å². The molecule has 1 aliphatic rings. The van der Waals surface area contributed by atoms with E-state index in [0.717, 1.165) is 5.82 Å². The van der Waals surface area contributed by atoms with Crippen molar-refractivity contribution in [3.05, 3.63) is 77.3 Å². The minimum Gasteiger partial charge on any atom is -0.486 e. The molecule has 4 rings (SSSR count). The van der Waals surface area contributed by atoms with E-state index in [9.17, 15) is 13.2 Å². The number of aryl methyl sites for hydroxylation is 1. The van der Waals surface area contributed by atoms with Gasteiger partial charge in [-0.1, -0.05) is 17.7 Å². The van der Waals surface area contributed by atoms with Crippen LogP contribution in [-0.2, 0) is 23.7 Å². The Labute approximate surface area is 192 Å². The summed E-state index contributed by atoms with van der Waals surface area (Å²) >= 11 is 5.94. The third-order valence-corrected chi connectivity index (χ3v) is 7.48. The molecule has 10 heteroatoms. The quantitative estimate of drug-likeness (QED) is 0.548. The third kappa shape index (κ3) is 4.79. The number of carbonyl (C=O) groups excluding carboxylic acids is 1. The van der Waals surface area contributed by atoms with Crippen molar-refractivity contribution in [3.8, 4) is 5.75 Å². The molecule has 8 nitrogen and oxygen atoms in total. The highest BCUT2D eigenvalue weighted by Crippen LogP contribution is 2.22. The number of rotatable bonds is 6. The predicted molar refractivity (Wildman–Crippen MR) is 120 cm³/mol. The molecule has 0 spiro atoms. The zero-order chi connectivity index (χ0) is 22.7. The van der Waals surface area contributed by atoms with Crippen LogP contribution >= 0.6 is 11.6 Å². The topological polar surface area (TPSA) is 84.7 Å². The second kappa shape index (κ2) is 9.32. The van der Waals surface area contributed by atoms with Crippen molar-refractivity contribution < 1.29 is 17.9 Å². The highest BCUT2D eigenvalue weighted by molar-refractivity contribution is 7.89. The number of hydrogen-bond donors (Lipinski definition) is 0. The molecule has 0 N–H and O–H groups in total. The summed E-state index contributed by atoms with van der Waals surface area (Å²) in [5.41, 5.74) is 0.528. The monoisotopic (exact) mass is 474 g/mol. The lowest BCUT2D eigenvalue weighted by atomic mass is 10.2. The van der Waals surface area contributed by atoms with Gasteiger partial charge < -0.3 is 14.2 Å². The maximum Gasteiger partial charge on any atom is 0.253 e. The molecule has 0 saturated carbocycles. The molecule has 0 aliphatic carbocycles. The summed E-state index contributed by atoms with van der Waals surface area (Å²) in [7, 11) is -1.75. The summed E-state index contributed by atoms with van der Waals surface area (Å²) in [6.07, 6.45) is 3.56. The van der Waals surface area contributed by atoms with Gasteiger partial charge >= 0.3 is 0 Å². The highest BCUT2D eigenvalue weighted by Gasteiger charge is 2.30. The highest BCUT2D eigenvalue weighted by atomic mass is 35.5. The Kier molecular flexibility index (Phi) is 6.50. The maximum absolute atomic E-state index is 12.9. The number of imidazole rings is 1. The normalized spacial score (nSPS) is 15.0. The summed E-state index contributed by atoms with van der Waals surface area (Å²) in [6, 6.07) is 13.1. The van der Waals surface area contributed by atoms with Crippen LogP contribution in [0, 0.1) is 0 Å². The lowest BCUT2D eigenvalue weighted by Crippen LogP contribution is -2.50. The average Bonchev–Trinajstić information content (AvgIpc) is 3.22. The van der Waals surface area contributed by atoms with Gasteiger partial charge in [0, 0.05) is 56.2 Å². The van der Waals surface area contributed by atoms with Gasteiger partial charge in [-0.05, 0) is 42.5 Å². The van der Waals surface area contributed by atoms with Crippen molar-refractivity contribution in [3.63, 3.8) is 0 Å². The molecule has 168 valence electrons. The van der Waals surface area contributed by atoms with E-state index >= 15 is 0 Å². The molecule has 32 heavy (non-hydrogen) atoms. The van der Waals surface area contributed by atoms with Crippen molar-refractivity contribution in [1.82, 2.24) is 18.8 Å². The third-order valence-electron chi connectivity index (χ3n) is 5.35. The van der Waals surface area contributed by atoms with Gasteiger partial charge in [-0.15, -0.1) is 0 Å². The number of amides is 1. The van der Waals surface area contributed by atoms with E-state index in [-0.39, 0.29) is 23.9 Å². The fourth-order valence-corrected chi connectivity index (χ4v) is 5.19. The first-order chi connectivity index (χ1) is 15.3. The van der Waals surface area contributed by atoms with Gasteiger partial charge in [-0.25, -0.2) is 13.4 Å². The Morgan fingerprint density at radius 2 is 1.81 bits per heavy atom. The van der Waals surface area contributed by atoms with Crippen LogP contribution in [0.2, 0.25) is 5.02 Å². The zero-order valence-electron chi connectivity index (χ0n) is 17.5. The summed E-state index contributed by atoms with van der Waals surface area (Å²) in [4.78, 5) is 18.9. The van der Waals surface area contributed by atoms with Gasteiger partial charge in [-0.2, -0.15) is 4.31 Å². The van der Waals surface area contributed by atoms with Crippen LogP contribution < -0.4 is 4.74 Å². The fraction of sp³-hybridized carbons (Fsp3) is 0.273. The van der Waals surface area contributed by atoms with E-state index < -0.39 is 10.0 Å². The van der Waals surface area contributed by atoms with Gasteiger partial charge in [-0.3, -0.25) is 4.79 Å². The Bertz CT molecular complexity index is 1200. The molecule has 0 bridgehead atoms. The number of piperazine rings is 1. The van der Waals surface area contributed by atoms with Gasteiger partial charge in [0.2, 0.25) is 10.0 Å². The molecule has 2 heterocycles. The van der Waals surface area contributed by atoms with Crippen LogP contribution in [-0.4, -0.2) is 59.3 Å². The smallest absolute Gasteiger partial charge is 0.253 e. The predicted octanol–water partition coefficient (Wildman–Crippen LogP) is 2.80. The SMILES string of the molecule is Cn1ccnc1COc1ccc(C(=O)N2CCN(S(=O)(=O)c3cccc(Cl)c3)CC2)cc1. The van der Waals surface area contributed by atoms with Crippen molar-refractivity contribution in [2.75, 3.05) is 26.2 Å². The molecule has 1 saturated heterocycles. The molecule has 1 amide bonds. The molecule has 2 aromatic carbocycles. The molecule has 0 radical (unpaired) electrons. The van der Waals surface area contributed by atoms with Crippen LogP contribution in [0.4, 0.5) is 0 Å². The molecular weight excluding hydrogens is 452 g/mol. The van der Waals surface area contributed by atoms with Gasteiger partial charge in [0.05, 0.1) is 4.90 Å². The van der Waals surface area contributed by atoms with Crippen LogP contribution in [0.25, 0.3) is 0 Å². The maximum atomic E-state index is 12.9. The van der Waals surface area contributed by atoms with E-state index in [4.69, 9.17) is 16.3 Å². The number of benzene rings is 2. The number of ether oxygens (including phenoxy) is 1. The van der Waals surface area contributed by atoms with E-state index in [1.54, 1.807) is 47.5 Å².